The molecule has 1 aromatic heterocycles. The van der Waals surface area contributed by atoms with Gasteiger partial charge < -0.3 is 9.47 Å². The zero-order valence-corrected chi connectivity index (χ0v) is 9.74. The van der Waals surface area contributed by atoms with E-state index in [1.165, 1.54) is 0 Å². The Labute approximate surface area is 93.0 Å². The maximum Gasteiger partial charge on any atom is 0.119 e. The Balaban J connectivity index is 2.12. The monoisotopic (exact) mass is 235 g/mol. The largest absolute Gasteiger partial charge is 0.379 e. The van der Waals surface area contributed by atoms with E-state index in [1.807, 2.05) is 12.3 Å². The molecule has 0 spiro atoms. The van der Waals surface area contributed by atoms with Crippen LogP contribution in [0.4, 0.5) is 0 Å². The molecule has 0 unspecified atom stereocenters. The summed E-state index contributed by atoms with van der Waals surface area (Å²) >= 11 is 7.20. The average Bonchev–Trinajstić information content (AvgIpc) is 2.65. The van der Waals surface area contributed by atoms with Crippen LogP contribution in [-0.2, 0) is 22.0 Å². The highest BCUT2D eigenvalue weighted by atomic mass is 35.5. The van der Waals surface area contributed by atoms with Gasteiger partial charge in [0.1, 0.15) is 5.01 Å². The fraction of sp³-hybridized carbons (Fsp3) is 0.667. The van der Waals surface area contributed by atoms with Gasteiger partial charge in [-0.25, -0.2) is 4.98 Å². The minimum Gasteiger partial charge on any atom is -0.379 e. The number of rotatable bonds is 7. The zero-order chi connectivity index (χ0) is 10.2. The van der Waals surface area contributed by atoms with Crippen molar-refractivity contribution in [3.05, 3.63) is 16.1 Å². The van der Waals surface area contributed by atoms with E-state index in [9.17, 15) is 0 Å². The maximum atomic E-state index is 5.63. The lowest BCUT2D eigenvalue weighted by molar-refractivity contribution is 0.0452. The second kappa shape index (κ2) is 7.17. The normalized spacial score (nSPS) is 10.7. The topological polar surface area (TPSA) is 31.4 Å². The predicted octanol–water partition coefficient (Wildman–Crippen LogP) is 2.44. The first-order valence-electron chi connectivity index (χ1n) is 4.51. The van der Waals surface area contributed by atoms with Crippen molar-refractivity contribution in [3.8, 4) is 0 Å². The first kappa shape index (κ1) is 11.9. The highest BCUT2D eigenvalue weighted by Crippen LogP contribution is 2.12. The van der Waals surface area contributed by atoms with Gasteiger partial charge in [-0.2, -0.15) is 0 Å². The van der Waals surface area contributed by atoms with Crippen LogP contribution in [0.5, 0.6) is 0 Å². The summed E-state index contributed by atoms with van der Waals surface area (Å²) in [6.07, 6.45) is 0. The lowest BCUT2D eigenvalue weighted by atomic mass is 10.6. The van der Waals surface area contributed by atoms with Gasteiger partial charge in [0.15, 0.2) is 0 Å². The van der Waals surface area contributed by atoms with E-state index >= 15 is 0 Å². The van der Waals surface area contributed by atoms with Gasteiger partial charge in [0.05, 0.1) is 31.4 Å². The minimum absolute atomic E-state index is 0.468. The lowest BCUT2D eigenvalue weighted by Crippen LogP contribution is -2.03. The fourth-order valence-corrected chi connectivity index (χ4v) is 1.86. The second-order valence-electron chi connectivity index (χ2n) is 2.62. The summed E-state index contributed by atoms with van der Waals surface area (Å²) in [5.41, 5.74) is 0.917. The summed E-state index contributed by atoms with van der Waals surface area (Å²) in [5, 5.41) is 2.92. The summed E-state index contributed by atoms with van der Waals surface area (Å²) < 4.78 is 10.5. The summed E-state index contributed by atoms with van der Waals surface area (Å²) in [6, 6.07) is 0. The fourth-order valence-electron chi connectivity index (χ4n) is 0.898. The molecule has 0 amide bonds. The van der Waals surface area contributed by atoms with Crippen molar-refractivity contribution in [2.75, 3.05) is 19.8 Å². The van der Waals surface area contributed by atoms with Crippen LogP contribution >= 0.6 is 22.9 Å². The van der Waals surface area contributed by atoms with Crippen LogP contribution in [-0.4, -0.2) is 24.8 Å². The van der Waals surface area contributed by atoms with Gasteiger partial charge in [-0.3, -0.25) is 0 Å². The van der Waals surface area contributed by atoms with E-state index in [4.69, 9.17) is 21.1 Å². The van der Waals surface area contributed by atoms with E-state index < -0.39 is 0 Å². The molecule has 0 radical (unpaired) electrons. The smallest absolute Gasteiger partial charge is 0.119 e. The molecule has 0 N–H and O–H groups in total. The Kier molecular flexibility index (Phi) is 6.10. The van der Waals surface area contributed by atoms with E-state index in [0.29, 0.717) is 25.7 Å². The van der Waals surface area contributed by atoms with Gasteiger partial charge in [0, 0.05) is 12.0 Å². The van der Waals surface area contributed by atoms with Crippen molar-refractivity contribution in [1.82, 2.24) is 4.98 Å². The summed E-state index contributed by atoms with van der Waals surface area (Å²) in [5.74, 6) is 0.468. The molecule has 80 valence electrons. The molecule has 3 nitrogen and oxygen atoms in total. The molecule has 1 aromatic rings. The van der Waals surface area contributed by atoms with Gasteiger partial charge in [-0.1, -0.05) is 0 Å². The van der Waals surface area contributed by atoms with Crippen molar-refractivity contribution in [2.45, 2.75) is 19.4 Å². The van der Waals surface area contributed by atoms with Crippen LogP contribution in [0.25, 0.3) is 0 Å². The molecule has 1 rings (SSSR count). The second-order valence-corrected chi connectivity index (χ2v) is 3.83. The van der Waals surface area contributed by atoms with Crippen molar-refractivity contribution >= 4 is 22.9 Å². The first-order valence-corrected chi connectivity index (χ1v) is 5.93. The Bertz CT molecular complexity index is 255. The molecule has 0 saturated heterocycles. The first-order chi connectivity index (χ1) is 6.86. The minimum atomic E-state index is 0.468. The standard InChI is InChI=1S/C9H14ClNO2S/c1-2-12-3-4-13-6-9-11-8(5-10)7-14-9/h7H,2-6H2,1H3. The highest BCUT2D eigenvalue weighted by Gasteiger charge is 2.00. The number of halogens is 1. The SMILES string of the molecule is CCOCCOCc1nc(CCl)cs1. The summed E-state index contributed by atoms with van der Waals surface area (Å²) in [4.78, 5) is 4.27. The number of alkyl halides is 1. The van der Waals surface area contributed by atoms with Gasteiger partial charge in [0.25, 0.3) is 0 Å². The quantitative estimate of drug-likeness (QED) is 0.537. The Morgan fingerprint density at radius 2 is 2.21 bits per heavy atom. The third-order valence-electron chi connectivity index (χ3n) is 1.54. The molecule has 0 aliphatic rings. The average molecular weight is 236 g/mol. The van der Waals surface area contributed by atoms with Crippen LogP contribution in [0, 0.1) is 0 Å². The zero-order valence-electron chi connectivity index (χ0n) is 8.16. The summed E-state index contributed by atoms with van der Waals surface area (Å²) in [7, 11) is 0. The molecule has 0 saturated carbocycles. The number of nitrogens with zero attached hydrogens (tertiary/aromatic N) is 1. The molecule has 0 aromatic carbocycles. The van der Waals surface area contributed by atoms with Crippen LogP contribution < -0.4 is 0 Å². The Hall–Kier alpha value is -0.160. The van der Waals surface area contributed by atoms with E-state index in [1.54, 1.807) is 11.3 Å². The highest BCUT2D eigenvalue weighted by molar-refractivity contribution is 7.09. The van der Waals surface area contributed by atoms with Crippen LogP contribution in [0.1, 0.15) is 17.6 Å². The van der Waals surface area contributed by atoms with Gasteiger partial charge >= 0.3 is 0 Å². The van der Waals surface area contributed by atoms with E-state index in [0.717, 1.165) is 17.3 Å². The van der Waals surface area contributed by atoms with Crippen molar-refractivity contribution in [3.63, 3.8) is 0 Å². The molecule has 0 aliphatic heterocycles. The molecule has 1 heterocycles. The van der Waals surface area contributed by atoms with Crippen LogP contribution in [0.15, 0.2) is 5.38 Å². The van der Waals surface area contributed by atoms with E-state index in [-0.39, 0.29) is 0 Å². The number of thiazole rings is 1. The predicted molar refractivity (Wildman–Crippen MR) is 57.8 cm³/mol. The lowest BCUT2D eigenvalue weighted by Gasteiger charge is -2.01. The van der Waals surface area contributed by atoms with Crippen LogP contribution in [0.2, 0.25) is 0 Å². The van der Waals surface area contributed by atoms with Gasteiger partial charge in [-0.05, 0) is 6.92 Å². The van der Waals surface area contributed by atoms with Gasteiger partial charge in [-0.15, -0.1) is 22.9 Å². The third-order valence-corrected chi connectivity index (χ3v) is 2.68. The number of hydrogen-bond acceptors (Lipinski definition) is 4. The van der Waals surface area contributed by atoms with E-state index in [2.05, 4.69) is 4.98 Å². The molecule has 0 fully saturated rings. The summed E-state index contributed by atoms with van der Waals surface area (Å²) in [6.45, 7) is 4.51. The molecule has 0 bridgehead atoms. The number of aromatic nitrogens is 1. The van der Waals surface area contributed by atoms with Gasteiger partial charge in [0.2, 0.25) is 0 Å². The molecule has 0 aliphatic carbocycles. The number of ether oxygens (including phenoxy) is 2. The molecule has 14 heavy (non-hydrogen) atoms. The van der Waals surface area contributed by atoms with Crippen molar-refractivity contribution in [2.24, 2.45) is 0 Å². The Morgan fingerprint density at radius 1 is 1.43 bits per heavy atom. The molecular weight excluding hydrogens is 222 g/mol. The van der Waals surface area contributed by atoms with Crippen LogP contribution in [0.3, 0.4) is 0 Å². The Morgan fingerprint density at radius 3 is 2.86 bits per heavy atom. The molecule has 5 heteroatoms. The molecule has 0 atom stereocenters. The number of hydrogen-bond donors (Lipinski definition) is 0. The molecular formula is C9H14ClNO2S. The third kappa shape index (κ3) is 4.37. The van der Waals surface area contributed by atoms with Crippen molar-refractivity contribution in [1.29, 1.82) is 0 Å². The maximum absolute atomic E-state index is 5.63. The van der Waals surface area contributed by atoms with Crippen molar-refractivity contribution < 1.29 is 9.47 Å².